The van der Waals surface area contributed by atoms with E-state index in [1.807, 2.05) is 11.3 Å². The van der Waals surface area contributed by atoms with Gasteiger partial charge in [0.2, 0.25) is 0 Å². The van der Waals surface area contributed by atoms with Gasteiger partial charge in [0.25, 0.3) is 0 Å². The lowest BCUT2D eigenvalue weighted by Crippen LogP contribution is -2.07. The van der Waals surface area contributed by atoms with Crippen molar-refractivity contribution >= 4 is 124 Å². The Hall–Kier alpha value is -10.1. The van der Waals surface area contributed by atoms with Crippen molar-refractivity contribution in [2.45, 2.75) is 12.8 Å². The highest BCUT2D eigenvalue weighted by atomic mass is 32.1. The summed E-state index contributed by atoms with van der Waals surface area (Å²) in [7, 11) is 0. The summed E-state index contributed by atoms with van der Waals surface area (Å²) in [6.45, 7) is 4.81. The number of hydrogen-bond donors (Lipinski definition) is 0. The predicted octanol–water partition coefficient (Wildman–Crippen LogP) is 21.6. The third kappa shape index (κ3) is 6.32. The molecule has 0 spiro atoms. The monoisotopic (exact) mass is 1040 g/mol. The molecule has 13 aromatic carbocycles. The van der Waals surface area contributed by atoms with Gasteiger partial charge >= 0.3 is 0 Å². The molecule has 3 heteroatoms. The third-order valence-electron chi connectivity index (χ3n) is 18.2. The second-order valence-electron chi connectivity index (χ2n) is 22.2. The molecule has 2 aliphatic rings. The zero-order valence-corrected chi connectivity index (χ0v) is 45.0. The number of allylic oxidation sites excluding steroid dienone is 3. The van der Waals surface area contributed by atoms with Crippen molar-refractivity contribution < 1.29 is 0 Å². The van der Waals surface area contributed by atoms with Crippen molar-refractivity contribution in [2.24, 2.45) is 0 Å². The van der Waals surface area contributed by atoms with Gasteiger partial charge in [-0.15, -0.1) is 11.3 Å². The first-order valence-electron chi connectivity index (χ1n) is 28.2. The van der Waals surface area contributed by atoms with Gasteiger partial charge in [0.15, 0.2) is 0 Å². The van der Waals surface area contributed by atoms with Crippen LogP contribution in [0.15, 0.2) is 261 Å². The smallest absolute Gasteiger partial charge is 0.0556 e. The Morgan fingerprint density at radius 1 is 0.333 bits per heavy atom. The van der Waals surface area contributed by atoms with Gasteiger partial charge in [0.05, 0.1) is 27.9 Å². The molecule has 81 heavy (non-hydrogen) atoms. The van der Waals surface area contributed by atoms with Crippen molar-refractivity contribution in [2.75, 3.05) is 0 Å². The Bertz CT molecular complexity index is 5490. The number of benzene rings is 13. The molecule has 16 aromatic rings. The Morgan fingerprint density at radius 3 is 1.48 bits per heavy atom. The van der Waals surface area contributed by atoms with Crippen LogP contribution in [-0.4, -0.2) is 9.13 Å². The van der Waals surface area contributed by atoms with E-state index in [1.165, 1.54) is 174 Å². The Labute approximate surface area is 471 Å². The quantitative estimate of drug-likeness (QED) is 0.163. The van der Waals surface area contributed by atoms with E-state index in [1.54, 1.807) is 0 Å². The first-order valence-corrected chi connectivity index (χ1v) is 29.0. The second kappa shape index (κ2) is 17.0. The number of hydrogen-bond acceptors (Lipinski definition) is 1. The molecule has 376 valence electrons. The maximum atomic E-state index is 4.81. The van der Waals surface area contributed by atoms with Crippen molar-refractivity contribution in [3.8, 4) is 44.8 Å². The minimum absolute atomic E-state index is 0.953. The number of fused-ring (bicyclic) bond motifs is 17. The van der Waals surface area contributed by atoms with Crippen molar-refractivity contribution in [1.82, 2.24) is 9.13 Å². The van der Waals surface area contributed by atoms with Crippen molar-refractivity contribution in [3.63, 3.8) is 0 Å². The fraction of sp³-hybridized carbons (Fsp3) is 0.0256. The average molecular weight is 1050 g/mol. The molecule has 2 nitrogen and oxygen atoms in total. The molecule has 0 radical (unpaired) electrons. The Kier molecular flexibility index (Phi) is 9.40. The van der Waals surface area contributed by atoms with Gasteiger partial charge in [-0.25, -0.2) is 0 Å². The van der Waals surface area contributed by atoms with Crippen molar-refractivity contribution in [1.29, 1.82) is 0 Å². The van der Waals surface area contributed by atoms with E-state index in [0.717, 1.165) is 18.4 Å². The number of nitrogens with zero attached hydrogens (tertiary/aromatic N) is 2. The Morgan fingerprint density at radius 2 is 0.827 bits per heavy atom. The maximum Gasteiger partial charge on any atom is 0.0556 e. The molecule has 0 saturated carbocycles. The molecule has 0 fully saturated rings. The molecule has 0 aliphatic heterocycles. The molecule has 0 N–H and O–H groups in total. The lowest BCUT2D eigenvalue weighted by Gasteiger charge is -2.20. The Balaban J connectivity index is 0.806. The fourth-order valence-electron chi connectivity index (χ4n) is 14.7. The summed E-state index contributed by atoms with van der Waals surface area (Å²) in [4.78, 5) is 0. The van der Waals surface area contributed by atoms with Crippen LogP contribution in [0.1, 0.15) is 28.8 Å². The zero-order valence-electron chi connectivity index (χ0n) is 44.2. The van der Waals surface area contributed by atoms with E-state index in [-0.39, 0.29) is 0 Å². The van der Waals surface area contributed by atoms with Gasteiger partial charge in [-0.3, -0.25) is 0 Å². The highest BCUT2D eigenvalue weighted by Crippen LogP contribution is 2.55. The number of rotatable bonds is 5. The van der Waals surface area contributed by atoms with Gasteiger partial charge in [0, 0.05) is 58.4 Å². The summed E-state index contributed by atoms with van der Waals surface area (Å²) in [5.41, 5.74) is 22.6. The van der Waals surface area contributed by atoms with Crippen molar-refractivity contribution in [3.05, 3.63) is 284 Å². The van der Waals surface area contributed by atoms with Crippen LogP contribution in [0.5, 0.6) is 0 Å². The molecule has 3 heterocycles. The second-order valence-corrected chi connectivity index (χ2v) is 23.2. The van der Waals surface area contributed by atoms with Crippen LogP contribution in [0.25, 0.3) is 157 Å². The molecule has 0 amide bonds. The topological polar surface area (TPSA) is 9.86 Å². The summed E-state index contributed by atoms with van der Waals surface area (Å²) in [6.07, 6.45) is 1.94. The third-order valence-corrected chi connectivity index (χ3v) is 19.4. The minimum atomic E-state index is 0.953. The summed E-state index contributed by atoms with van der Waals surface area (Å²) in [5, 5.41) is 16.4. The summed E-state index contributed by atoms with van der Waals surface area (Å²) in [5.74, 6) is 0. The standard InChI is InChI=1S/C78H48N2S/c1-46-51-20-6-7-23-56(51)64-38-42-72-76(75(46)64)66-44-49(32-40-70(66)79(72)68-29-14-18-47-16-2-4-21-54(47)68)52-34-36-61(59-26-10-8-24-57(52)59)62-37-35-53(58-25-9-11-27-60(58)62)50-33-41-71-67(45-50)77-73(43-39-65-63-28-12-13-31-74(63)81-78(65)77)80(71)69-30-15-19-48-17-3-5-22-55(48)69/h2-37,39-41,43-45H,1,38,42H2. The molecule has 0 saturated heterocycles. The molecular formula is C78H48N2S. The molecule has 18 rings (SSSR count). The van der Waals surface area contributed by atoms with E-state index in [4.69, 9.17) is 6.58 Å². The van der Waals surface area contributed by atoms with Crippen LogP contribution in [0.2, 0.25) is 0 Å². The average Bonchev–Trinajstić information content (AvgIpc) is 4.29. The molecule has 0 atom stereocenters. The van der Waals surface area contributed by atoms with Gasteiger partial charge < -0.3 is 9.13 Å². The fourth-order valence-corrected chi connectivity index (χ4v) is 15.9. The van der Waals surface area contributed by atoms with Gasteiger partial charge in [-0.1, -0.05) is 213 Å². The number of aromatic nitrogens is 2. The SMILES string of the molecule is C=C1C2=C(CCc3c2c2cc(-c4ccc(-c5ccc(-c6ccc7c(c6)c6c8sc9ccccc9c8ccc6n7-c6cccc7ccccc67)c6ccccc56)c5ccccc45)ccc2n3-c2cccc3ccccc23)c2ccccc21. The summed E-state index contributed by atoms with van der Waals surface area (Å²) < 4.78 is 7.72. The largest absolute Gasteiger partial charge is 0.312 e. The maximum absolute atomic E-state index is 4.81. The lowest BCUT2D eigenvalue weighted by molar-refractivity contribution is 0.900. The first-order chi connectivity index (χ1) is 40.1. The van der Waals surface area contributed by atoms with Crippen LogP contribution in [-0.2, 0) is 6.42 Å². The van der Waals surface area contributed by atoms with E-state index >= 15 is 0 Å². The van der Waals surface area contributed by atoms with Gasteiger partial charge in [-0.05, 0) is 155 Å². The summed E-state index contributed by atoms with van der Waals surface area (Å²) >= 11 is 1.91. The number of thiophene rings is 1. The van der Waals surface area contributed by atoms with E-state index in [2.05, 4.69) is 264 Å². The molecule has 0 bridgehead atoms. The molecular weight excluding hydrogens is 997 g/mol. The van der Waals surface area contributed by atoms with Crippen LogP contribution in [0.3, 0.4) is 0 Å². The van der Waals surface area contributed by atoms with Crippen LogP contribution >= 0.6 is 11.3 Å². The predicted molar refractivity (Wildman–Crippen MR) is 347 cm³/mol. The van der Waals surface area contributed by atoms with E-state index in [9.17, 15) is 0 Å². The molecule has 0 unspecified atom stereocenters. The highest BCUT2D eigenvalue weighted by Gasteiger charge is 2.35. The van der Waals surface area contributed by atoms with Crippen LogP contribution < -0.4 is 0 Å². The highest BCUT2D eigenvalue weighted by molar-refractivity contribution is 7.26. The lowest BCUT2D eigenvalue weighted by atomic mass is 9.86. The zero-order chi connectivity index (χ0) is 53.0. The van der Waals surface area contributed by atoms with E-state index < -0.39 is 0 Å². The normalized spacial score (nSPS) is 13.3. The molecule has 2 aliphatic carbocycles. The summed E-state index contributed by atoms with van der Waals surface area (Å²) in [6, 6.07) is 95.4. The first kappa shape index (κ1) is 44.9. The van der Waals surface area contributed by atoms with Crippen LogP contribution in [0, 0.1) is 0 Å². The van der Waals surface area contributed by atoms with Gasteiger partial charge in [-0.2, -0.15) is 0 Å². The van der Waals surface area contributed by atoms with E-state index in [0.29, 0.717) is 0 Å². The van der Waals surface area contributed by atoms with Crippen LogP contribution in [0.4, 0.5) is 0 Å². The molecule has 3 aromatic heterocycles. The van der Waals surface area contributed by atoms with Gasteiger partial charge in [0.1, 0.15) is 0 Å². The minimum Gasteiger partial charge on any atom is -0.312 e.